The van der Waals surface area contributed by atoms with Crippen molar-refractivity contribution in [2.24, 2.45) is 0 Å². The van der Waals surface area contributed by atoms with Gasteiger partial charge in [0.15, 0.2) is 0 Å². The quantitative estimate of drug-likeness (QED) is 0.0854. The van der Waals surface area contributed by atoms with Crippen LogP contribution in [0.2, 0.25) is 0 Å². The molecule has 1 heteroatoms. The average molecular weight is 455 g/mol. The second-order valence-corrected chi connectivity index (χ2v) is 12.9. The average Bonchev–Trinajstić information content (AvgIpc) is 2.78. The molecule has 0 saturated heterocycles. The summed E-state index contributed by atoms with van der Waals surface area (Å²) in [5.74, 6) is 0. The van der Waals surface area contributed by atoms with Crippen LogP contribution < -0.4 is 0 Å². The highest BCUT2D eigenvalue weighted by molar-refractivity contribution is 7.57. The van der Waals surface area contributed by atoms with Crippen molar-refractivity contribution in [1.82, 2.24) is 0 Å². The van der Waals surface area contributed by atoms with Gasteiger partial charge >= 0.3 is 0 Å². The van der Waals surface area contributed by atoms with E-state index in [-0.39, 0.29) is 0 Å². The van der Waals surface area contributed by atoms with E-state index in [1.165, 1.54) is 154 Å². The SMILES string of the molecule is CCCCCCCCCCP(CCCCCCCCCC)CCCCCCCCCC. The van der Waals surface area contributed by atoms with Gasteiger partial charge in [0.2, 0.25) is 0 Å². The van der Waals surface area contributed by atoms with Crippen LogP contribution in [0.15, 0.2) is 0 Å². The summed E-state index contributed by atoms with van der Waals surface area (Å²) in [5.41, 5.74) is 0. The van der Waals surface area contributed by atoms with Crippen molar-refractivity contribution in [2.45, 2.75) is 175 Å². The molecule has 0 aromatic heterocycles. The fourth-order valence-corrected chi connectivity index (χ4v) is 7.43. The molecule has 31 heavy (non-hydrogen) atoms. The summed E-state index contributed by atoms with van der Waals surface area (Å²) >= 11 is 0. The zero-order valence-electron chi connectivity index (χ0n) is 22.5. The molecule has 0 rings (SSSR count). The van der Waals surface area contributed by atoms with Crippen molar-refractivity contribution < 1.29 is 0 Å². The molecular weight excluding hydrogens is 391 g/mol. The fraction of sp³-hybridized carbons (Fsp3) is 1.00. The van der Waals surface area contributed by atoms with Gasteiger partial charge in [-0.2, -0.15) is 0 Å². The number of rotatable bonds is 27. The maximum atomic E-state index is 2.32. The van der Waals surface area contributed by atoms with Crippen molar-refractivity contribution in [3.05, 3.63) is 0 Å². The van der Waals surface area contributed by atoms with E-state index >= 15 is 0 Å². The third kappa shape index (κ3) is 26.6. The summed E-state index contributed by atoms with van der Waals surface area (Å²) in [6, 6.07) is 0. The first-order valence-electron chi connectivity index (χ1n) is 15.1. The first-order valence-corrected chi connectivity index (χ1v) is 17.0. The first-order chi connectivity index (χ1) is 15.3. The highest BCUT2D eigenvalue weighted by Gasteiger charge is 2.08. The molecule has 0 aliphatic carbocycles. The van der Waals surface area contributed by atoms with Crippen LogP contribution in [0.5, 0.6) is 0 Å². The van der Waals surface area contributed by atoms with E-state index in [1.807, 2.05) is 0 Å². The predicted molar refractivity (Wildman–Crippen MR) is 149 cm³/mol. The van der Waals surface area contributed by atoms with E-state index in [1.54, 1.807) is 18.5 Å². The van der Waals surface area contributed by atoms with Crippen LogP contribution in [0.3, 0.4) is 0 Å². The van der Waals surface area contributed by atoms with E-state index in [9.17, 15) is 0 Å². The van der Waals surface area contributed by atoms with Crippen molar-refractivity contribution in [1.29, 1.82) is 0 Å². The highest BCUT2D eigenvalue weighted by atomic mass is 31.1. The summed E-state index contributed by atoms with van der Waals surface area (Å²) in [7, 11) is 0.349. The third-order valence-electron chi connectivity index (χ3n) is 6.98. The number of hydrogen-bond donors (Lipinski definition) is 0. The Labute approximate surface area is 201 Å². The fourth-order valence-electron chi connectivity index (χ4n) is 4.74. The van der Waals surface area contributed by atoms with Gasteiger partial charge in [0, 0.05) is 0 Å². The van der Waals surface area contributed by atoms with Crippen LogP contribution in [-0.4, -0.2) is 18.5 Å². The van der Waals surface area contributed by atoms with Crippen LogP contribution in [0.25, 0.3) is 0 Å². The molecule has 0 radical (unpaired) electrons. The molecule has 0 heterocycles. The zero-order valence-corrected chi connectivity index (χ0v) is 23.4. The summed E-state index contributed by atoms with van der Waals surface area (Å²) < 4.78 is 0. The molecule has 0 spiro atoms. The van der Waals surface area contributed by atoms with Crippen molar-refractivity contribution in [3.8, 4) is 0 Å². The molecule has 0 aliphatic rings. The van der Waals surface area contributed by atoms with Gasteiger partial charge in [-0.15, -0.1) is 7.92 Å². The minimum Gasteiger partial charge on any atom is -0.107 e. The number of hydrogen-bond acceptors (Lipinski definition) is 0. The second kappa shape index (κ2) is 28.5. The Morgan fingerprint density at radius 1 is 0.258 bits per heavy atom. The Bertz CT molecular complexity index is 253. The van der Waals surface area contributed by atoms with Gasteiger partial charge in [0.1, 0.15) is 0 Å². The lowest BCUT2D eigenvalue weighted by atomic mass is 10.1. The van der Waals surface area contributed by atoms with Crippen LogP contribution in [-0.2, 0) is 0 Å². The molecule has 0 saturated carbocycles. The van der Waals surface area contributed by atoms with E-state index in [2.05, 4.69) is 20.8 Å². The third-order valence-corrected chi connectivity index (χ3v) is 9.83. The van der Waals surface area contributed by atoms with Gasteiger partial charge in [-0.1, -0.05) is 156 Å². The molecule has 188 valence electrons. The molecule has 0 unspecified atom stereocenters. The molecule has 0 atom stereocenters. The van der Waals surface area contributed by atoms with Crippen LogP contribution in [0.1, 0.15) is 175 Å². The predicted octanol–water partition coefficient (Wildman–Crippen LogP) is 11.9. The van der Waals surface area contributed by atoms with Gasteiger partial charge < -0.3 is 0 Å². The molecular formula is C30H63P. The Kier molecular flexibility index (Phi) is 28.9. The Morgan fingerprint density at radius 2 is 0.452 bits per heavy atom. The Hall–Kier alpha value is 0.430. The summed E-state index contributed by atoms with van der Waals surface area (Å²) in [6.45, 7) is 6.96. The molecule has 0 amide bonds. The molecule has 0 aromatic carbocycles. The normalized spacial score (nSPS) is 11.6. The van der Waals surface area contributed by atoms with Crippen molar-refractivity contribution in [3.63, 3.8) is 0 Å². The standard InChI is InChI=1S/C30H63P/c1-4-7-10-13-16-19-22-25-28-31(29-26-23-20-17-14-11-8-5-2)30-27-24-21-18-15-12-9-6-3/h4-30H2,1-3H3. The molecule has 0 aliphatic heterocycles. The topological polar surface area (TPSA) is 0 Å². The lowest BCUT2D eigenvalue weighted by molar-refractivity contribution is 0.581. The minimum absolute atomic E-state index is 0.349. The minimum atomic E-state index is 0.349. The lowest BCUT2D eigenvalue weighted by Gasteiger charge is -2.18. The monoisotopic (exact) mass is 454 g/mol. The maximum Gasteiger partial charge on any atom is -0.0326 e. The van der Waals surface area contributed by atoms with E-state index in [4.69, 9.17) is 0 Å². The Balaban J connectivity index is 3.82. The van der Waals surface area contributed by atoms with E-state index in [0.717, 1.165) is 0 Å². The van der Waals surface area contributed by atoms with Gasteiger partial charge in [0.25, 0.3) is 0 Å². The molecule has 0 nitrogen and oxygen atoms in total. The van der Waals surface area contributed by atoms with Crippen LogP contribution in [0, 0.1) is 0 Å². The van der Waals surface area contributed by atoms with Gasteiger partial charge in [0.05, 0.1) is 0 Å². The second-order valence-electron chi connectivity index (χ2n) is 10.3. The highest BCUT2D eigenvalue weighted by Crippen LogP contribution is 2.39. The molecule has 0 aromatic rings. The smallest absolute Gasteiger partial charge is 0.0326 e. The van der Waals surface area contributed by atoms with Crippen LogP contribution >= 0.6 is 7.92 Å². The van der Waals surface area contributed by atoms with Crippen molar-refractivity contribution in [2.75, 3.05) is 18.5 Å². The van der Waals surface area contributed by atoms with E-state index < -0.39 is 0 Å². The molecule has 0 bridgehead atoms. The Morgan fingerprint density at radius 3 is 0.677 bits per heavy atom. The van der Waals surface area contributed by atoms with Gasteiger partial charge in [-0.25, -0.2) is 0 Å². The summed E-state index contributed by atoms with van der Waals surface area (Å²) in [4.78, 5) is 0. The largest absolute Gasteiger partial charge is 0.107 e. The summed E-state index contributed by atoms with van der Waals surface area (Å²) in [5, 5.41) is 0. The zero-order chi connectivity index (χ0) is 22.7. The first kappa shape index (κ1) is 31.4. The number of unbranched alkanes of at least 4 members (excludes halogenated alkanes) is 21. The molecule has 0 N–H and O–H groups in total. The van der Waals surface area contributed by atoms with Crippen molar-refractivity contribution >= 4 is 7.92 Å². The van der Waals surface area contributed by atoms with Gasteiger partial charge in [-0.05, 0) is 37.7 Å². The van der Waals surface area contributed by atoms with Gasteiger partial charge in [-0.3, -0.25) is 0 Å². The van der Waals surface area contributed by atoms with E-state index in [0.29, 0.717) is 7.92 Å². The lowest BCUT2D eigenvalue weighted by Crippen LogP contribution is -1.97. The maximum absolute atomic E-state index is 2.32. The molecule has 0 fully saturated rings. The van der Waals surface area contributed by atoms with Crippen LogP contribution in [0.4, 0.5) is 0 Å². The summed E-state index contributed by atoms with van der Waals surface area (Å²) in [6.07, 6.45) is 40.3.